The van der Waals surface area contributed by atoms with Crippen molar-refractivity contribution in [2.24, 2.45) is 5.92 Å². The van der Waals surface area contributed by atoms with Gasteiger partial charge in [0.2, 0.25) is 15.9 Å². The van der Waals surface area contributed by atoms with Crippen LogP contribution in [0.3, 0.4) is 0 Å². The zero-order chi connectivity index (χ0) is 25.4. The lowest BCUT2D eigenvalue weighted by Gasteiger charge is -2.40. The van der Waals surface area contributed by atoms with Crippen LogP contribution in [-0.2, 0) is 26.2 Å². The van der Waals surface area contributed by atoms with Gasteiger partial charge in [-0.3, -0.25) is 4.79 Å². The lowest BCUT2D eigenvalue weighted by molar-refractivity contribution is -0.139. The summed E-state index contributed by atoms with van der Waals surface area (Å²) in [5, 5.41) is 0.479. The van der Waals surface area contributed by atoms with Crippen molar-refractivity contribution in [3.8, 4) is 0 Å². The van der Waals surface area contributed by atoms with Crippen LogP contribution in [-0.4, -0.2) is 54.3 Å². The molecule has 1 amide bonds. The first-order valence-electron chi connectivity index (χ1n) is 12.4. The maximum atomic E-state index is 14.0. The Kier molecular flexibility index (Phi) is 7.48. The minimum atomic E-state index is -4.03. The van der Waals surface area contributed by atoms with E-state index in [9.17, 15) is 13.2 Å². The number of ether oxygens (including phenoxy) is 1. The predicted molar refractivity (Wildman–Crippen MR) is 140 cm³/mol. The Bertz CT molecular complexity index is 1220. The predicted octanol–water partition coefficient (Wildman–Crippen LogP) is 5.30. The van der Waals surface area contributed by atoms with Crippen molar-refractivity contribution in [3.05, 3.63) is 76.8 Å². The number of halogens is 2. The molecule has 0 spiro atoms. The van der Waals surface area contributed by atoms with Gasteiger partial charge in [0.15, 0.2) is 0 Å². The third-order valence-corrected chi connectivity index (χ3v) is 10.0. The van der Waals surface area contributed by atoms with E-state index in [2.05, 4.69) is 6.58 Å². The fourth-order valence-corrected chi connectivity index (χ4v) is 8.76. The summed E-state index contributed by atoms with van der Waals surface area (Å²) in [7, 11) is -4.03. The summed E-state index contributed by atoms with van der Waals surface area (Å²) in [6, 6.07) is 12.9. The fraction of sp³-hybridized carbons (Fsp3) is 0.444. The second kappa shape index (κ2) is 10.5. The molecule has 2 aromatic carbocycles. The zero-order valence-corrected chi connectivity index (χ0v) is 22.3. The van der Waals surface area contributed by atoms with E-state index in [0.29, 0.717) is 26.1 Å². The van der Waals surface area contributed by atoms with E-state index in [1.807, 2.05) is 41.3 Å². The zero-order valence-electron chi connectivity index (χ0n) is 19.9. The summed E-state index contributed by atoms with van der Waals surface area (Å²) in [5.74, 6) is -0.320. The van der Waals surface area contributed by atoms with Gasteiger partial charge in [-0.25, -0.2) is 8.42 Å². The number of piperidine rings is 1. The molecular weight excluding hydrogens is 519 g/mol. The van der Waals surface area contributed by atoms with Crippen molar-refractivity contribution in [2.45, 2.75) is 67.8 Å². The average Bonchev–Trinajstić information content (AvgIpc) is 3.25. The van der Waals surface area contributed by atoms with Gasteiger partial charge in [0.25, 0.3) is 0 Å². The topological polar surface area (TPSA) is 66.9 Å². The molecule has 0 saturated carbocycles. The molecule has 192 valence electrons. The van der Waals surface area contributed by atoms with Gasteiger partial charge in [0.05, 0.1) is 24.2 Å². The van der Waals surface area contributed by atoms with E-state index in [1.165, 1.54) is 22.5 Å². The standard InChI is InChI=1S/C27H30Cl2N2O4S/c1-2-23-24-12-11-21(17-35-16-18-7-4-3-5-8-18)30(24)27(32)26-10-6-9-25(23)31(26)36(33,34)22-14-19(28)13-20(29)15-22/h2-5,7-8,13-15,21,23-26H,1,6,9-12,16-17H2/t21-,23-,24-,25-,26?/m0/s1. The van der Waals surface area contributed by atoms with Crippen molar-refractivity contribution < 1.29 is 17.9 Å². The van der Waals surface area contributed by atoms with E-state index < -0.39 is 16.1 Å². The Hall–Kier alpha value is -1.90. The highest BCUT2D eigenvalue weighted by Crippen LogP contribution is 2.44. The van der Waals surface area contributed by atoms with Crippen molar-refractivity contribution in [1.82, 2.24) is 9.21 Å². The van der Waals surface area contributed by atoms with Gasteiger partial charge in [-0.15, -0.1) is 6.58 Å². The van der Waals surface area contributed by atoms with Crippen molar-refractivity contribution in [3.63, 3.8) is 0 Å². The number of nitrogens with zero attached hydrogens (tertiary/aromatic N) is 2. The van der Waals surface area contributed by atoms with Gasteiger partial charge < -0.3 is 9.64 Å². The Morgan fingerprint density at radius 3 is 2.42 bits per heavy atom. The molecule has 0 radical (unpaired) electrons. The molecule has 0 aromatic heterocycles. The summed E-state index contributed by atoms with van der Waals surface area (Å²) in [4.78, 5) is 16.0. The first-order valence-corrected chi connectivity index (χ1v) is 14.6. The quantitative estimate of drug-likeness (QED) is 0.440. The molecule has 2 aromatic rings. The van der Waals surface area contributed by atoms with Crippen LogP contribution in [0.5, 0.6) is 0 Å². The highest BCUT2D eigenvalue weighted by Gasteiger charge is 2.55. The number of carbonyl (C=O) groups is 1. The van der Waals surface area contributed by atoms with Crippen LogP contribution in [0.15, 0.2) is 66.1 Å². The van der Waals surface area contributed by atoms with Crippen LogP contribution >= 0.6 is 23.2 Å². The summed E-state index contributed by atoms with van der Waals surface area (Å²) >= 11 is 12.3. The molecule has 1 unspecified atom stereocenters. The molecule has 2 bridgehead atoms. The Balaban J connectivity index is 1.46. The molecule has 9 heteroatoms. The summed E-state index contributed by atoms with van der Waals surface area (Å²) in [5.41, 5.74) is 1.08. The smallest absolute Gasteiger partial charge is 0.244 e. The molecule has 5 atom stereocenters. The monoisotopic (exact) mass is 548 g/mol. The average molecular weight is 550 g/mol. The Morgan fingerprint density at radius 2 is 1.72 bits per heavy atom. The third-order valence-electron chi connectivity index (χ3n) is 7.69. The molecule has 0 aliphatic carbocycles. The Labute approximate surface area is 222 Å². The van der Waals surface area contributed by atoms with Crippen LogP contribution < -0.4 is 0 Å². The normalized spacial score (nSPS) is 28.6. The largest absolute Gasteiger partial charge is 0.375 e. The van der Waals surface area contributed by atoms with Crippen molar-refractivity contribution >= 4 is 39.1 Å². The number of sulfonamides is 1. The van der Waals surface area contributed by atoms with Gasteiger partial charge in [0.1, 0.15) is 6.04 Å². The van der Waals surface area contributed by atoms with E-state index in [0.717, 1.165) is 24.8 Å². The lowest BCUT2D eigenvalue weighted by atomic mass is 9.85. The van der Waals surface area contributed by atoms with Crippen LogP contribution in [0.4, 0.5) is 0 Å². The highest BCUT2D eigenvalue weighted by atomic mass is 35.5. The molecule has 0 N–H and O–H groups in total. The molecule has 3 heterocycles. The first kappa shape index (κ1) is 25.7. The fourth-order valence-electron chi connectivity index (χ4n) is 6.17. The maximum Gasteiger partial charge on any atom is 0.244 e. The molecule has 6 nitrogen and oxygen atoms in total. The van der Waals surface area contributed by atoms with Crippen LogP contribution in [0.1, 0.15) is 37.7 Å². The van der Waals surface area contributed by atoms with Gasteiger partial charge in [0, 0.05) is 28.0 Å². The number of hydrogen-bond donors (Lipinski definition) is 0. The van der Waals surface area contributed by atoms with Crippen molar-refractivity contribution in [1.29, 1.82) is 0 Å². The Morgan fingerprint density at radius 1 is 1.00 bits per heavy atom. The molecule has 3 aliphatic rings. The third kappa shape index (κ3) is 4.72. The number of rotatable bonds is 7. The maximum absolute atomic E-state index is 14.0. The van der Waals surface area contributed by atoms with E-state index in [4.69, 9.17) is 27.9 Å². The summed E-state index contributed by atoms with van der Waals surface area (Å²) in [6.45, 7) is 4.95. The minimum Gasteiger partial charge on any atom is -0.375 e. The number of carbonyl (C=O) groups excluding carboxylic acids is 1. The second-order valence-corrected chi connectivity index (χ2v) is 12.5. The molecule has 36 heavy (non-hydrogen) atoms. The van der Waals surface area contributed by atoms with Crippen LogP contribution in [0.25, 0.3) is 0 Å². The number of fused-ring (bicyclic) bond motifs is 3. The summed E-state index contributed by atoms with van der Waals surface area (Å²) < 4.78 is 35.4. The molecular formula is C27H30Cl2N2O4S. The number of hydrogen-bond acceptors (Lipinski definition) is 4. The van der Waals surface area contributed by atoms with Gasteiger partial charge in [-0.05, 0) is 55.9 Å². The van der Waals surface area contributed by atoms with E-state index in [-0.39, 0.29) is 44.9 Å². The molecule has 3 saturated heterocycles. The molecule has 5 rings (SSSR count). The van der Waals surface area contributed by atoms with E-state index in [1.54, 1.807) is 0 Å². The summed E-state index contributed by atoms with van der Waals surface area (Å²) in [6.07, 6.45) is 5.39. The van der Waals surface area contributed by atoms with Crippen LogP contribution in [0.2, 0.25) is 10.0 Å². The molecule has 3 aliphatic heterocycles. The molecule has 3 fully saturated rings. The van der Waals surface area contributed by atoms with Crippen molar-refractivity contribution in [2.75, 3.05) is 6.61 Å². The second-order valence-electron chi connectivity index (χ2n) is 9.81. The van der Waals surface area contributed by atoms with Gasteiger partial charge in [-0.2, -0.15) is 4.31 Å². The van der Waals surface area contributed by atoms with Gasteiger partial charge >= 0.3 is 0 Å². The lowest BCUT2D eigenvalue weighted by Crippen LogP contribution is -2.55. The highest BCUT2D eigenvalue weighted by molar-refractivity contribution is 7.89. The van der Waals surface area contributed by atoms with E-state index >= 15 is 0 Å². The SMILES string of the molecule is C=C[C@H]1[C@@H]2CC[C@@H](COCc3ccccc3)N2C(=O)C2CCC[C@@H]1N2S(=O)(=O)c1cc(Cl)cc(Cl)c1. The number of benzene rings is 2. The minimum absolute atomic E-state index is 0.0114. The van der Waals surface area contributed by atoms with Crippen LogP contribution in [0, 0.1) is 5.92 Å². The van der Waals surface area contributed by atoms with Gasteiger partial charge in [-0.1, -0.05) is 59.6 Å². The number of amides is 1. The first-order chi connectivity index (χ1) is 17.3.